The Kier molecular flexibility index (Phi) is 3.36. The highest BCUT2D eigenvalue weighted by molar-refractivity contribution is 5.99. The normalized spacial score (nSPS) is 17.3. The standard InChI is InChI=1S/C20H17NO/c1-2-6-15(7-3-1)12-19-14-21-20(22-19)18-11-10-16-8-4-5-9-17(16)13-18/h1-11,13,19H,12,14H2/t19-/m1/s1. The van der Waals surface area contributed by atoms with E-state index in [9.17, 15) is 0 Å². The zero-order valence-corrected chi connectivity index (χ0v) is 12.3. The second kappa shape index (κ2) is 5.64. The number of ether oxygens (including phenoxy) is 1. The summed E-state index contributed by atoms with van der Waals surface area (Å²) in [4.78, 5) is 4.58. The Labute approximate surface area is 130 Å². The second-order valence-electron chi connectivity index (χ2n) is 5.64. The first kappa shape index (κ1) is 13.1. The summed E-state index contributed by atoms with van der Waals surface area (Å²) in [5, 5.41) is 2.46. The predicted molar refractivity (Wildman–Crippen MR) is 90.4 cm³/mol. The summed E-state index contributed by atoms with van der Waals surface area (Å²) < 4.78 is 6.05. The Morgan fingerprint density at radius 3 is 2.50 bits per heavy atom. The van der Waals surface area contributed by atoms with Crippen molar-refractivity contribution in [2.75, 3.05) is 6.54 Å². The summed E-state index contributed by atoms with van der Waals surface area (Å²) in [6, 6.07) is 25.2. The van der Waals surface area contributed by atoms with Crippen LogP contribution < -0.4 is 0 Å². The fourth-order valence-corrected chi connectivity index (χ4v) is 2.88. The van der Waals surface area contributed by atoms with Gasteiger partial charge < -0.3 is 4.74 Å². The van der Waals surface area contributed by atoms with Gasteiger partial charge in [-0.25, -0.2) is 4.99 Å². The van der Waals surface area contributed by atoms with Crippen molar-refractivity contribution in [2.45, 2.75) is 12.5 Å². The SMILES string of the molecule is c1ccc(C[C@@H]2CN=C(c3ccc4ccccc4c3)O2)cc1. The topological polar surface area (TPSA) is 21.6 Å². The van der Waals surface area contributed by atoms with Gasteiger partial charge in [0.25, 0.3) is 0 Å². The van der Waals surface area contributed by atoms with Gasteiger partial charge in [0.15, 0.2) is 0 Å². The van der Waals surface area contributed by atoms with Gasteiger partial charge in [0, 0.05) is 12.0 Å². The van der Waals surface area contributed by atoms with Crippen molar-refractivity contribution in [1.29, 1.82) is 0 Å². The first-order valence-corrected chi connectivity index (χ1v) is 7.63. The van der Waals surface area contributed by atoms with Crippen molar-refractivity contribution in [2.24, 2.45) is 4.99 Å². The molecule has 0 aliphatic carbocycles. The maximum absolute atomic E-state index is 6.05. The lowest BCUT2D eigenvalue weighted by Crippen LogP contribution is -2.16. The minimum atomic E-state index is 0.142. The van der Waals surface area contributed by atoms with E-state index in [1.165, 1.54) is 16.3 Å². The first-order valence-electron chi connectivity index (χ1n) is 7.63. The van der Waals surface area contributed by atoms with Crippen molar-refractivity contribution in [3.8, 4) is 0 Å². The molecule has 0 unspecified atom stereocenters. The van der Waals surface area contributed by atoms with Crippen LogP contribution in [0.2, 0.25) is 0 Å². The van der Waals surface area contributed by atoms with E-state index in [1.807, 2.05) is 6.07 Å². The number of nitrogens with zero attached hydrogens (tertiary/aromatic N) is 1. The molecule has 0 bridgehead atoms. The molecule has 1 aliphatic rings. The largest absolute Gasteiger partial charge is 0.472 e. The number of fused-ring (bicyclic) bond motifs is 1. The lowest BCUT2D eigenvalue weighted by Gasteiger charge is -2.11. The fourth-order valence-electron chi connectivity index (χ4n) is 2.88. The van der Waals surface area contributed by atoms with Gasteiger partial charge in [0.2, 0.25) is 5.90 Å². The molecule has 3 aromatic rings. The zero-order valence-electron chi connectivity index (χ0n) is 12.3. The molecule has 1 aliphatic heterocycles. The molecule has 0 spiro atoms. The van der Waals surface area contributed by atoms with Crippen LogP contribution in [0.3, 0.4) is 0 Å². The minimum Gasteiger partial charge on any atom is -0.472 e. The molecule has 0 saturated carbocycles. The van der Waals surface area contributed by atoms with Gasteiger partial charge in [-0.3, -0.25) is 0 Å². The molecule has 2 heteroatoms. The summed E-state index contributed by atoms with van der Waals surface area (Å²) in [5.41, 5.74) is 2.36. The molecule has 1 heterocycles. The highest BCUT2D eigenvalue weighted by atomic mass is 16.5. The Hall–Kier alpha value is -2.61. The molecule has 0 aromatic heterocycles. The molecule has 2 nitrogen and oxygen atoms in total. The Morgan fingerprint density at radius 2 is 1.64 bits per heavy atom. The van der Waals surface area contributed by atoms with Crippen LogP contribution in [0.1, 0.15) is 11.1 Å². The monoisotopic (exact) mass is 287 g/mol. The van der Waals surface area contributed by atoms with Crippen LogP contribution in [0.25, 0.3) is 10.8 Å². The van der Waals surface area contributed by atoms with Crippen LogP contribution >= 0.6 is 0 Å². The average Bonchev–Trinajstić information content (AvgIpc) is 3.04. The van der Waals surface area contributed by atoms with Gasteiger partial charge in [0.1, 0.15) is 6.10 Å². The molecule has 0 amide bonds. The predicted octanol–water partition coefficient (Wildman–Crippen LogP) is 4.23. The smallest absolute Gasteiger partial charge is 0.216 e. The van der Waals surface area contributed by atoms with E-state index >= 15 is 0 Å². The lowest BCUT2D eigenvalue weighted by atomic mass is 10.1. The molecule has 0 radical (unpaired) electrons. The maximum Gasteiger partial charge on any atom is 0.216 e. The highest BCUT2D eigenvalue weighted by Crippen LogP contribution is 2.20. The van der Waals surface area contributed by atoms with Gasteiger partial charge in [0.05, 0.1) is 6.54 Å². The highest BCUT2D eigenvalue weighted by Gasteiger charge is 2.21. The number of benzene rings is 3. The van der Waals surface area contributed by atoms with Crippen LogP contribution in [0.15, 0.2) is 77.8 Å². The summed E-state index contributed by atoms with van der Waals surface area (Å²) >= 11 is 0. The van der Waals surface area contributed by atoms with Gasteiger partial charge in [-0.1, -0.05) is 60.7 Å². The molecule has 1 atom stereocenters. The summed E-state index contributed by atoms with van der Waals surface area (Å²) in [7, 11) is 0. The quantitative estimate of drug-likeness (QED) is 0.706. The molecule has 108 valence electrons. The molecular formula is C20H17NO. The average molecular weight is 287 g/mol. The van der Waals surface area contributed by atoms with E-state index in [-0.39, 0.29) is 6.10 Å². The lowest BCUT2D eigenvalue weighted by molar-refractivity contribution is 0.225. The van der Waals surface area contributed by atoms with E-state index in [2.05, 4.69) is 71.7 Å². The number of rotatable bonds is 3. The van der Waals surface area contributed by atoms with Crippen LogP contribution in [-0.2, 0) is 11.2 Å². The van der Waals surface area contributed by atoms with Crippen LogP contribution in [0, 0.1) is 0 Å². The molecule has 3 aromatic carbocycles. The van der Waals surface area contributed by atoms with Crippen molar-refractivity contribution < 1.29 is 4.74 Å². The molecular weight excluding hydrogens is 270 g/mol. The minimum absolute atomic E-state index is 0.142. The number of hydrogen-bond acceptors (Lipinski definition) is 2. The fraction of sp³-hybridized carbons (Fsp3) is 0.150. The summed E-state index contributed by atoms with van der Waals surface area (Å²) in [6.07, 6.45) is 1.05. The second-order valence-corrected chi connectivity index (χ2v) is 5.64. The van der Waals surface area contributed by atoms with E-state index in [1.54, 1.807) is 0 Å². The zero-order chi connectivity index (χ0) is 14.8. The van der Waals surface area contributed by atoms with Gasteiger partial charge in [-0.15, -0.1) is 0 Å². The van der Waals surface area contributed by atoms with Crippen molar-refractivity contribution in [3.63, 3.8) is 0 Å². The number of hydrogen-bond donors (Lipinski definition) is 0. The van der Waals surface area contributed by atoms with Crippen molar-refractivity contribution >= 4 is 16.7 Å². The van der Waals surface area contributed by atoms with Gasteiger partial charge in [-0.2, -0.15) is 0 Å². The Balaban J connectivity index is 1.51. The van der Waals surface area contributed by atoms with E-state index in [4.69, 9.17) is 4.74 Å². The molecule has 0 fully saturated rings. The molecule has 0 saturated heterocycles. The maximum atomic E-state index is 6.05. The van der Waals surface area contributed by atoms with E-state index < -0.39 is 0 Å². The molecule has 4 rings (SSSR count). The summed E-state index contributed by atoms with van der Waals surface area (Å²) in [5.74, 6) is 0.770. The molecule has 0 N–H and O–H groups in total. The third-order valence-electron chi connectivity index (χ3n) is 4.02. The third-order valence-corrected chi connectivity index (χ3v) is 4.02. The van der Waals surface area contributed by atoms with Crippen molar-refractivity contribution in [1.82, 2.24) is 0 Å². The van der Waals surface area contributed by atoms with Gasteiger partial charge >= 0.3 is 0 Å². The summed E-state index contributed by atoms with van der Waals surface area (Å²) in [6.45, 7) is 0.733. The Bertz CT molecular complexity index is 823. The Morgan fingerprint density at radius 1 is 0.864 bits per heavy atom. The molecule has 22 heavy (non-hydrogen) atoms. The van der Waals surface area contributed by atoms with Crippen molar-refractivity contribution in [3.05, 3.63) is 83.9 Å². The first-order chi connectivity index (χ1) is 10.9. The van der Waals surface area contributed by atoms with Crippen LogP contribution in [-0.4, -0.2) is 18.5 Å². The van der Waals surface area contributed by atoms with Crippen LogP contribution in [0.4, 0.5) is 0 Å². The van der Waals surface area contributed by atoms with E-state index in [0.29, 0.717) is 0 Å². The number of aliphatic imine (C=N–C) groups is 1. The van der Waals surface area contributed by atoms with Gasteiger partial charge in [-0.05, 0) is 28.5 Å². The van der Waals surface area contributed by atoms with E-state index in [0.717, 1.165) is 24.4 Å². The van der Waals surface area contributed by atoms with Crippen LogP contribution in [0.5, 0.6) is 0 Å². The third kappa shape index (κ3) is 2.60.